The van der Waals surface area contributed by atoms with Crippen LogP contribution >= 0.6 is 0 Å². The summed E-state index contributed by atoms with van der Waals surface area (Å²) in [4.78, 5) is 40.4. The number of aliphatic imine (C=N–C) groups is 3. The van der Waals surface area contributed by atoms with Crippen LogP contribution in [0.4, 0.5) is 0 Å². The molecule has 0 aliphatic heterocycles. The molecule has 1 atom stereocenters. The van der Waals surface area contributed by atoms with Crippen LogP contribution in [0.25, 0.3) is 0 Å². The summed E-state index contributed by atoms with van der Waals surface area (Å²) in [6, 6.07) is 0. The van der Waals surface area contributed by atoms with Gasteiger partial charge in [-0.3, -0.25) is 0 Å². The Bertz CT molecular complexity index is 357. The van der Waals surface area contributed by atoms with Gasteiger partial charge in [0.1, 0.15) is 0 Å². The molecule has 0 rings (SSSR count). The van der Waals surface area contributed by atoms with Gasteiger partial charge in [-0.15, -0.1) is 0 Å². The predicted octanol–water partition coefficient (Wildman–Crippen LogP) is 1.18. The number of isocyanates is 3. The van der Waals surface area contributed by atoms with E-state index in [2.05, 4.69) is 15.0 Å². The molecule has 0 saturated heterocycles. The van der Waals surface area contributed by atoms with Crippen molar-refractivity contribution in [3.63, 3.8) is 0 Å². The molecule has 0 aromatic rings. The fourth-order valence-electron chi connectivity index (χ4n) is 1.67. The van der Waals surface area contributed by atoms with Crippen LogP contribution in [-0.4, -0.2) is 61.8 Å². The molecule has 0 heterocycles. The number of hydrogen-bond acceptors (Lipinski definition) is 6. The van der Waals surface area contributed by atoms with E-state index in [-0.39, 0.29) is 29.8 Å². The van der Waals surface area contributed by atoms with Crippen molar-refractivity contribution < 1.29 is 14.4 Å². The van der Waals surface area contributed by atoms with Gasteiger partial charge >= 0.3 is 0 Å². The molecule has 4 radical (unpaired) electrons. The smallest absolute Gasteiger partial charge is 0.211 e. The van der Waals surface area contributed by atoms with Crippen LogP contribution < -0.4 is 0 Å². The predicted molar refractivity (Wildman–Crippen MR) is 71.3 cm³/mol. The van der Waals surface area contributed by atoms with E-state index in [0.29, 0.717) is 19.6 Å². The summed E-state index contributed by atoms with van der Waals surface area (Å²) in [7, 11) is 0. The Morgan fingerprint density at radius 3 is 1.84 bits per heavy atom. The van der Waals surface area contributed by atoms with Crippen molar-refractivity contribution in [1.82, 2.24) is 0 Å². The summed E-state index contributed by atoms with van der Waals surface area (Å²) in [6.45, 7) is 1.40. The van der Waals surface area contributed by atoms with Gasteiger partial charge in [0.25, 0.3) is 0 Å². The quantitative estimate of drug-likeness (QED) is 0.237. The van der Waals surface area contributed by atoms with Crippen molar-refractivity contribution in [1.29, 1.82) is 0 Å². The fraction of sp³-hybridized carbons (Fsp3) is 0.750. The van der Waals surface area contributed by atoms with E-state index in [4.69, 9.17) is 0 Å². The second-order valence-electron chi connectivity index (χ2n) is 3.88. The molecule has 0 N–H and O–H groups in total. The summed E-state index contributed by atoms with van der Waals surface area (Å²) >= 11 is 0. The molecule has 0 aromatic heterocycles. The molecule has 0 aromatic carbocycles. The van der Waals surface area contributed by atoms with Crippen LogP contribution in [-0.2, 0) is 14.4 Å². The molecule has 19 heavy (non-hydrogen) atoms. The van der Waals surface area contributed by atoms with Crippen LogP contribution in [0.1, 0.15) is 32.1 Å². The van der Waals surface area contributed by atoms with Crippen molar-refractivity contribution in [2.75, 3.05) is 19.6 Å². The summed E-state index contributed by atoms with van der Waals surface area (Å²) < 4.78 is 0. The Kier molecular flexibility index (Phi) is 18.1. The second kappa shape index (κ2) is 16.9. The number of unbranched alkanes of at least 4 members (excludes halogenated alkanes) is 1. The first kappa shape index (κ1) is 20.3. The molecule has 0 saturated carbocycles. The van der Waals surface area contributed by atoms with E-state index >= 15 is 0 Å². The van der Waals surface area contributed by atoms with E-state index in [9.17, 15) is 14.4 Å². The third kappa shape index (κ3) is 14.9. The maximum atomic E-state index is 10.1. The first-order chi connectivity index (χ1) is 8.85. The molecule has 102 valence electrons. The van der Waals surface area contributed by atoms with E-state index < -0.39 is 0 Å². The minimum Gasteiger partial charge on any atom is -0.211 e. The Balaban J connectivity index is 0. The second-order valence-corrected chi connectivity index (χ2v) is 3.88. The third-order valence-corrected chi connectivity index (χ3v) is 2.56. The summed E-state index contributed by atoms with van der Waals surface area (Å²) in [6.07, 6.45) is 8.80. The first-order valence-electron chi connectivity index (χ1n) is 5.96. The van der Waals surface area contributed by atoms with E-state index in [1.54, 1.807) is 0 Å². The van der Waals surface area contributed by atoms with Crippen molar-refractivity contribution in [3.05, 3.63) is 0 Å². The summed E-state index contributed by atoms with van der Waals surface area (Å²) in [5.41, 5.74) is 0. The Morgan fingerprint density at radius 1 is 0.737 bits per heavy atom. The molecule has 0 fully saturated rings. The average Bonchev–Trinajstić information content (AvgIpc) is 2.39. The van der Waals surface area contributed by atoms with Gasteiger partial charge in [0.05, 0.1) is 19.6 Å². The topological polar surface area (TPSA) is 88.3 Å². The van der Waals surface area contributed by atoms with Crippen LogP contribution in [0, 0.1) is 5.92 Å². The SMILES string of the molecule is O=C=NCCCCC(CCCN=C=O)CN=C=O.[Sn]. The van der Waals surface area contributed by atoms with Gasteiger partial charge in [0, 0.05) is 23.9 Å². The van der Waals surface area contributed by atoms with Crippen LogP contribution in [0.2, 0.25) is 0 Å². The molecule has 0 aliphatic carbocycles. The molecule has 1 unspecified atom stereocenters. The van der Waals surface area contributed by atoms with Crippen LogP contribution in [0.15, 0.2) is 15.0 Å². The van der Waals surface area contributed by atoms with Gasteiger partial charge in [-0.1, -0.05) is 6.42 Å². The molecule has 6 nitrogen and oxygen atoms in total. The van der Waals surface area contributed by atoms with E-state index in [1.165, 1.54) is 18.2 Å². The monoisotopic (exact) mass is 371 g/mol. The average molecular weight is 370 g/mol. The fourth-order valence-corrected chi connectivity index (χ4v) is 1.67. The summed E-state index contributed by atoms with van der Waals surface area (Å²) in [5.74, 6) is 0.286. The molecule has 0 amide bonds. The summed E-state index contributed by atoms with van der Waals surface area (Å²) in [5, 5.41) is 0. The molecule has 7 heteroatoms. The Labute approximate surface area is 129 Å². The number of carbonyl (C=O) groups excluding carboxylic acids is 3. The zero-order chi connectivity index (χ0) is 13.5. The van der Waals surface area contributed by atoms with Crippen molar-refractivity contribution in [2.45, 2.75) is 32.1 Å². The van der Waals surface area contributed by atoms with Gasteiger partial charge in [-0.2, -0.15) is 0 Å². The van der Waals surface area contributed by atoms with Crippen molar-refractivity contribution in [3.8, 4) is 0 Å². The number of nitrogens with zero attached hydrogens (tertiary/aromatic N) is 3. The molecule has 0 bridgehead atoms. The van der Waals surface area contributed by atoms with Crippen LogP contribution in [0.5, 0.6) is 0 Å². The maximum absolute atomic E-state index is 10.1. The zero-order valence-corrected chi connectivity index (χ0v) is 13.7. The molecular weight excluding hydrogens is 353 g/mol. The largest absolute Gasteiger partial charge is 0.234 e. The van der Waals surface area contributed by atoms with E-state index in [0.717, 1.165) is 32.1 Å². The molecule has 0 spiro atoms. The zero-order valence-electron chi connectivity index (χ0n) is 10.8. The standard InChI is InChI=1S/C12H17N3O3.Sn/c16-9-13-6-2-1-4-12(8-15-11-18)5-3-7-14-10-17;/h12H,1-8H2;. The first-order valence-corrected chi connectivity index (χ1v) is 5.96. The normalized spacial score (nSPS) is 10.1. The molecular formula is C12H17N3O3Sn. The van der Waals surface area contributed by atoms with Gasteiger partial charge in [0.2, 0.25) is 18.2 Å². The van der Waals surface area contributed by atoms with Crippen molar-refractivity contribution in [2.24, 2.45) is 20.9 Å². The molecule has 0 aliphatic rings. The minimum atomic E-state index is 0. The number of hydrogen-bond donors (Lipinski definition) is 0. The maximum Gasteiger partial charge on any atom is 0.234 e. The van der Waals surface area contributed by atoms with Gasteiger partial charge < -0.3 is 0 Å². The van der Waals surface area contributed by atoms with Gasteiger partial charge in [-0.25, -0.2) is 29.4 Å². The van der Waals surface area contributed by atoms with Crippen LogP contribution in [0.3, 0.4) is 0 Å². The third-order valence-electron chi connectivity index (χ3n) is 2.56. The van der Waals surface area contributed by atoms with Crippen molar-refractivity contribution >= 4 is 42.1 Å². The van der Waals surface area contributed by atoms with E-state index in [1.807, 2.05) is 0 Å². The Morgan fingerprint density at radius 2 is 1.26 bits per heavy atom. The Hall–Kier alpha value is -1.06. The van der Waals surface area contributed by atoms with Gasteiger partial charge in [-0.05, 0) is 31.6 Å². The number of rotatable bonds is 11. The minimum absolute atomic E-state index is 0. The van der Waals surface area contributed by atoms with Gasteiger partial charge in [0.15, 0.2) is 0 Å².